The number of benzene rings is 2. The highest BCUT2D eigenvalue weighted by Gasteiger charge is 2.41. The number of nitrogens with one attached hydrogen (secondary N) is 1. The molecule has 0 atom stereocenters. The number of ketones is 1. The molecule has 1 heterocycles. The fourth-order valence-corrected chi connectivity index (χ4v) is 4.33. The van der Waals surface area contributed by atoms with Gasteiger partial charge in [-0.25, -0.2) is 8.42 Å². The summed E-state index contributed by atoms with van der Waals surface area (Å²) in [5.74, 6) is -0.449. The van der Waals surface area contributed by atoms with Crippen molar-refractivity contribution in [2.45, 2.75) is 11.8 Å². The molecule has 2 aromatic carbocycles. The second-order valence-electron chi connectivity index (χ2n) is 4.93. The number of allylic oxidation sites excluding steroid dienone is 1. The molecule has 0 unspecified atom stereocenters. The van der Waals surface area contributed by atoms with E-state index in [9.17, 15) is 13.2 Å². The van der Waals surface area contributed by atoms with Crippen LogP contribution in [0.2, 0.25) is 0 Å². The van der Waals surface area contributed by atoms with Crippen LogP contribution in [-0.2, 0) is 9.84 Å². The van der Waals surface area contributed by atoms with E-state index in [1.54, 1.807) is 30.3 Å². The van der Waals surface area contributed by atoms with E-state index in [0.29, 0.717) is 17.8 Å². The van der Waals surface area contributed by atoms with Crippen LogP contribution in [0.4, 0.5) is 0 Å². The Morgan fingerprint density at radius 1 is 1.00 bits per heavy atom. The number of fused-ring (bicyclic) bond motifs is 1. The fraction of sp³-hybridized carbons (Fsp3) is 0.118. The van der Waals surface area contributed by atoms with E-state index in [2.05, 4.69) is 5.32 Å². The van der Waals surface area contributed by atoms with Gasteiger partial charge in [-0.05, 0) is 24.6 Å². The molecule has 112 valence electrons. The molecule has 4 nitrogen and oxygen atoms in total. The summed E-state index contributed by atoms with van der Waals surface area (Å²) < 4.78 is 25.5. The summed E-state index contributed by atoms with van der Waals surface area (Å²) in [6.45, 7) is 2.38. The number of carbonyl (C=O) groups excluding carboxylic acids is 1. The highest BCUT2D eigenvalue weighted by molar-refractivity contribution is 7.97. The maximum Gasteiger partial charge on any atom is 0.213 e. The summed E-state index contributed by atoms with van der Waals surface area (Å²) in [6.07, 6.45) is 0. The molecule has 5 heteroatoms. The molecular formula is C17H15NO3S. The lowest BCUT2D eigenvalue weighted by molar-refractivity contribution is 0.104. The summed E-state index contributed by atoms with van der Waals surface area (Å²) >= 11 is 0. The van der Waals surface area contributed by atoms with Crippen LogP contribution in [0.25, 0.3) is 5.70 Å². The van der Waals surface area contributed by atoms with E-state index in [0.717, 1.165) is 0 Å². The largest absolute Gasteiger partial charge is 0.384 e. The van der Waals surface area contributed by atoms with Crippen molar-refractivity contribution in [1.29, 1.82) is 0 Å². The zero-order chi connectivity index (χ0) is 15.7. The predicted molar refractivity (Wildman–Crippen MR) is 85.0 cm³/mol. The Bertz CT molecular complexity index is 868. The van der Waals surface area contributed by atoms with Crippen LogP contribution in [0.3, 0.4) is 0 Å². The van der Waals surface area contributed by atoms with E-state index < -0.39 is 15.6 Å². The quantitative estimate of drug-likeness (QED) is 0.885. The van der Waals surface area contributed by atoms with Gasteiger partial charge >= 0.3 is 0 Å². The van der Waals surface area contributed by atoms with E-state index in [4.69, 9.17) is 0 Å². The third-order valence-electron chi connectivity index (χ3n) is 3.54. The highest BCUT2D eigenvalue weighted by Crippen LogP contribution is 2.37. The molecule has 0 saturated carbocycles. The Morgan fingerprint density at radius 2 is 1.64 bits per heavy atom. The lowest BCUT2D eigenvalue weighted by atomic mass is 10.1. The number of hydrogen-bond donors (Lipinski definition) is 1. The van der Waals surface area contributed by atoms with Crippen LogP contribution in [-0.4, -0.2) is 20.7 Å². The maximum absolute atomic E-state index is 12.8. The van der Waals surface area contributed by atoms with Crippen molar-refractivity contribution in [2.24, 2.45) is 0 Å². The summed E-state index contributed by atoms with van der Waals surface area (Å²) in [7, 11) is -3.80. The molecule has 2 aromatic rings. The lowest BCUT2D eigenvalue weighted by Gasteiger charge is -2.12. The number of carbonyl (C=O) groups is 1. The third-order valence-corrected chi connectivity index (χ3v) is 5.40. The first kappa shape index (κ1) is 14.5. The molecule has 0 aromatic heterocycles. The molecule has 1 aliphatic heterocycles. The van der Waals surface area contributed by atoms with Crippen LogP contribution >= 0.6 is 0 Å². The molecule has 0 saturated heterocycles. The van der Waals surface area contributed by atoms with E-state index in [1.807, 2.05) is 25.1 Å². The van der Waals surface area contributed by atoms with Gasteiger partial charge in [-0.3, -0.25) is 4.79 Å². The van der Waals surface area contributed by atoms with Crippen molar-refractivity contribution in [3.05, 3.63) is 70.6 Å². The second-order valence-corrected chi connectivity index (χ2v) is 6.78. The Labute approximate surface area is 129 Å². The molecular weight excluding hydrogens is 298 g/mol. The zero-order valence-electron chi connectivity index (χ0n) is 12.0. The summed E-state index contributed by atoms with van der Waals surface area (Å²) in [6, 6.07) is 15.4. The van der Waals surface area contributed by atoms with Crippen LogP contribution in [0.5, 0.6) is 0 Å². The van der Waals surface area contributed by atoms with Gasteiger partial charge in [0.1, 0.15) is 4.91 Å². The van der Waals surface area contributed by atoms with Crippen molar-refractivity contribution < 1.29 is 13.2 Å². The number of hydrogen-bond acceptors (Lipinski definition) is 4. The molecule has 1 aliphatic rings. The highest BCUT2D eigenvalue weighted by atomic mass is 32.2. The molecule has 0 radical (unpaired) electrons. The van der Waals surface area contributed by atoms with Crippen molar-refractivity contribution in [1.82, 2.24) is 5.32 Å². The van der Waals surface area contributed by atoms with Crippen molar-refractivity contribution in [3.63, 3.8) is 0 Å². The zero-order valence-corrected chi connectivity index (χ0v) is 12.9. The molecule has 1 N–H and O–H groups in total. The number of sulfone groups is 1. The first-order chi connectivity index (χ1) is 10.6. The smallest absolute Gasteiger partial charge is 0.213 e. The minimum atomic E-state index is -3.80. The fourth-order valence-electron chi connectivity index (χ4n) is 2.59. The average molecular weight is 313 g/mol. The van der Waals surface area contributed by atoms with Crippen LogP contribution < -0.4 is 5.32 Å². The van der Waals surface area contributed by atoms with Gasteiger partial charge in [0.2, 0.25) is 15.6 Å². The Hall–Kier alpha value is -2.40. The van der Waals surface area contributed by atoms with E-state index in [-0.39, 0.29) is 15.4 Å². The van der Waals surface area contributed by atoms with E-state index in [1.165, 1.54) is 6.07 Å². The van der Waals surface area contributed by atoms with E-state index >= 15 is 0 Å². The summed E-state index contributed by atoms with van der Waals surface area (Å²) in [4.78, 5) is 12.5. The monoisotopic (exact) mass is 313 g/mol. The Morgan fingerprint density at radius 3 is 2.27 bits per heavy atom. The van der Waals surface area contributed by atoms with Gasteiger partial charge in [0.25, 0.3) is 0 Å². The maximum atomic E-state index is 12.8. The van der Waals surface area contributed by atoms with Crippen molar-refractivity contribution in [2.75, 3.05) is 6.54 Å². The molecule has 0 fully saturated rings. The first-order valence-corrected chi connectivity index (χ1v) is 8.48. The molecule has 0 aliphatic carbocycles. The predicted octanol–water partition coefficient (Wildman–Crippen LogP) is 2.63. The van der Waals surface area contributed by atoms with Crippen LogP contribution in [0.1, 0.15) is 22.8 Å². The molecule has 0 bridgehead atoms. The average Bonchev–Trinajstić information content (AvgIpc) is 2.74. The van der Waals surface area contributed by atoms with Gasteiger partial charge in [-0.2, -0.15) is 0 Å². The number of Topliss-reactive ketones (excluding diaryl/α,β-unsaturated/α-hetero) is 1. The van der Waals surface area contributed by atoms with Gasteiger partial charge in [-0.15, -0.1) is 0 Å². The second kappa shape index (κ2) is 5.42. The van der Waals surface area contributed by atoms with Crippen LogP contribution in [0, 0.1) is 0 Å². The van der Waals surface area contributed by atoms with Gasteiger partial charge in [0.15, 0.2) is 0 Å². The summed E-state index contributed by atoms with van der Waals surface area (Å²) in [5, 5.41) is 3.04. The topological polar surface area (TPSA) is 63.2 Å². The standard InChI is InChI=1S/C17H15NO3S/c1-2-18-15(12-8-4-3-5-9-12)17-16(19)13-10-6-7-11-14(13)22(17,20)21/h3-11,18H,2H2,1H3/b17-15+. The molecule has 3 rings (SSSR count). The molecule has 0 spiro atoms. The van der Waals surface area contributed by atoms with Crippen molar-refractivity contribution >= 4 is 21.3 Å². The first-order valence-electron chi connectivity index (χ1n) is 6.99. The minimum Gasteiger partial charge on any atom is -0.384 e. The van der Waals surface area contributed by atoms with Gasteiger partial charge in [0, 0.05) is 12.1 Å². The van der Waals surface area contributed by atoms with Crippen molar-refractivity contribution in [3.8, 4) is 0 Å². The molecule has 0 amide bonds. The summed E-state index contributed by atoms with van der Waals surface area (Å²) in [5.41, 5.74) is 1.29. The van der Waals surface area contributed by atoms with Gasteiger partial charge in [0.05, 0.1) is 10.6 Å². The number of rotatable bonds is 3. The lowest BCUT2D eigenvalue weighted by Crippen LogP contribution is -2.18. The minimum absolute atomic E-state index is 0.0846. The van der Waals surface area contributed by atoms with Crippen LogP contribution in [0.15, 0.2) is 64.4 Å². The normalized spacial score (nSPS) is 18.0. The third kappa shape index (κ3) is 2.14. The SMILES string of the molecule is CCN/C(=C1\C(=O)c2ccccc2S1(=O)=O)c1ccccc1. The Balaban J connectivity index is 2.32. The van der Waals surface area contributed by atoms with Gasteiger partial charge in [-0.1, -0.05) is 42.5 Å². The molecule has 22 heavy (non-hydrogen) atoms. The van der Waals surface area contributed by atoms with Gasteiger partial charge < -0.3 is 5.32 Å². The Kier molecular flexibility index (Phi) is 3.58.